The summed E-state index contributed by atoms with van der Waals surface area (Å²) in [5.41, 5.74) is 0. The second-order valence-electron chi connectivity index (χ2n) is 6.52. The Labute approximate surface area is 121 Å². The predicted molar refractivity (Wildman–Crippen MR) is 75.3 cm³/mol. The van der Waals surface area contributed by atoms with E-state index < -0.39 is 0 Å². The van der Waals surface area contributed by atoms with Gasteiger partial charge in [-0.25, -0.2) is 0 Å². The smallest absolute Gasteiger partial charge is 0.240 e. The van der Waals surface area contributed by atoms with Gasteiger partial charge in [0.15, 0.2) is 5.79 Å². The topological polar surface area (TPSA) is 50.8 Å². The number of nitrogens with one attached hydrogen (secondary N) is 1. The minimum Gasteiger partial charge on any atom is -0.348 e. The van der Waals surface area contributed by atoms with Gasteiger partial charge >= 0.3 is 0 Å². The van der Waals surface area contributed by atoms with Crippen molar-refractivity contribution in [3.8, 4) is 0 Å². The molecule has 1 amide bonds. The van der Waals surface area contributed by atoms with Crippen molar-refractivity contribution in [1.82, 2.24) is 10.2 Å². The van der Waals surface area contributed by atoms with Crippen molar-refractivity contribution in [3.63, 3.8) is 0 Å². The Morgan fingerprint density at radius 3 is 2.40 bits per heavy atom. The van der Waals surface area contributed by atoms with E-state index in [1.807, 2.05) is 4.90 Å². The first-order valence-electron chi connectivity index (χ1n) is 7.94. The molecular formula is C15H26N2O3. The summed E-state index contributed by atoms with van der Waals surface area (Å²) < 4.78 is 11.5. The fraction of sp³-hybridized carbons (Fsp3) is 0.933. The van der Waals surface area contributed by atoms with E-state index in [0.717, 1.165) is 51.9 Å². The standard InChI is InChI=1S/C15H26N2O3/c1-11(2)17-8-5-13(14(17)18)16-12-3-6-15(7-4-12)19-9-10-20-15/h11-13,16H,3-10H2,1-2H3/t13-/m1/s1. The number of rotatable bonds is 3. The SMILES string of the molecule is CC(C)N1CC[C@@H](NC2CCC3(CC2)OCCO3)C1=O. The lowest BCUT2D eigenvalue weighted by molar-refractivity contribution is -0.179. The molecule has 0 radical (unpaired) electrons. The summed E-state index contributed by atoms with van der Waals surface area (Å²) in [6, 6.07) is 0.751. The Morgan fingerprint density at radius 1 is 1.20 bits per heavy atom. The first-order valence-corrected chi connectivity index (χ1v) is 7.94. The molecule has 5 heteroatoms. The average Bonchev–Trinajstić information content (AvgIpc) is 3.01. The Morgan fingerprint density at radius 2 is 1.85 bits per heavy atom. The molecule has 0 unspecified atom stereocenters. The Kier molecular flexibility index (Phi) is 4.02. The van der Waals surface area contributed by atoms with Gasteiger partial charge in [-0.05, 0) is 33.1 Å². The summed E-state index contributed by atoms with van der Waals surface area (Å²) in [4.78, 5) is 14.3. The Bertz CT molecular complexity index is 356. The molecule has 3 fully saturated rings. The number of likely N-dealkylation sites (tertiary alicyclic amines) is 1. The van der Waals surface area contributed by atoms with E-state index in [1.165, 1.54) is 0 Å². The van der Waals surface area contributed by atoms with Crippen molar-refractivity contribution >= 4 is 5.91 Å². The molecule has 5 nitrogen and oxygen atoms in total. The zero-order valence-corrected chi connectivity index (χ0v) is 12.6. The minimum absolute atomic E-state index is 0.0156. The molecule has 1 aliphatic carbocycles. The van der Waals surface area contributed by atoms with Gasteiger partial charge in [0.1, 0.15) is 0 Å². The third kappa shape index (κ3) is 2.71. The van der Waals surface area contributed by atoms with Gasteiger partial charge in [0, 0.05) is 31.5 Å². The van der Waals surface area contributed by atoms with Crippen molar-refractivity contribution < 1.29 is 14.3 Å². The Hall–Kier alpha value is -0.650. The molecule has 2 aliphatic heterocycles. The molecule has 3 aliphatic rings. The average molecular weight is 282 g/mol. The summed E-state index contributed by atoms with van der Waals surface area (Å²) >= 11 is 0. The lowest BCUT2D eigenvalue weighted by Crippen LogP contribution is -2.48. The summed E-state index contributed by atoms with van der Waals surface area (Å²) in [7, 11) is 0. The van der Waals surface area contributed by atoms with Gasteiger partial charge in [0.05, 0.1) is 19.3 Å². The number of carbonyl (C=O) groups excluding carboxylic acids is 1. The molecule has 0 aromatic rings. The molecule has 0 aromatic heterocycles. The largest absolute Gasteiger partial charge is 0.348 e. The van der Waals surface area contributed by atoms with E-state index in [2.05, 4.69) is 19.2 Å². The second kappa shape index (κ2) is 5.62. The van der Waals surface area contributed by atoms with Crippen LogP contribution in [0, 0.1) is 0 Å². The third-order valence-corrected chi connectivity index (χ3v) is 4.86. The number of hydrogen-bond donors (Lipinski definition) is 1. The molecule has 0 bridgehead atoms. The maximum atomic E-state index is 12.3. The summed E-state index contributed by atoms with van der Waals surface area (Å²) in [6.07, 6.45) is 4.89. The van der Waals surface area contributed by atoms with Crippen LogP contribution in [0.2, 0.25) is 0 Å². The van der Waals surface area contributed by atoms with Gasteiger partial charge in [-0.3, -0.25) is 4.79 Å². The zero-order chi connectivity index (χ0) is 14.2. The van der Waals surface area contributed by atoms with Crippen LogP contribution in [0.4, 0.5) is 0 Å². The van der Waals surface area contributed by atoms with Gasteiger partial charge in [0.25, 0.3) is 0 Å². The lowest BCUT2D eigenvalue weighted by atomic mass is 9.89. The zero-order valence-electron chi connectivity index (χ0n) is 12.6. The van der Waals surface area contributed by atoms with Gasteiger partial charge in [0.2, 0.25) is 5.91 Å². The molecule has 3 rings (SSSR count). The molecule has 1 N–H and O–H groups in total. The molecule has 2 heterocycles. The molecule has 1 atom stereocenters. The summed E-state index contributed by atoms with van der Waals surface area (Å²) in [6.45, 7) is 6.50. The molecule has 1 spiro atoms. The van der Waals surface area contributed by atoms with E-state index in [1.54, 1.807) is 0 Å². The maximum Gasteiger partial charge on any atom is 0.240 e. The van der Waals surface area contributed by atoms with Crippen LogP contribution in [0.3, 0.4) is 0 Å². The van der Waals surface area contributed by atoms with Crippen molar-refractivity contribution in [2.45, 2.75) is 69.9 Å². The van der Waals surface area contributed by atoms with Crippen molar-refractivity contribution in [2.75, 3.05) is 19.8 Å². The molecule has 20 heavy (non-hydrogen) atoms. The van der Waals surface area contributed by atoms with Crippen LogP contribution in [0.25, 0.3) is 0 Å². The van der Waals surface area contributed by atoms with Crippen molar-refractivity contribution in [1.29, 1.82) is 0 Å². The normalized spacial score (nSPS) is 30.9. The lowest BCUT2D eigenvalue weighted by Gasteiger charge is -2.36. The van der Waals surface area contributed by atoms with Crippen molar-refractivity contribution in [3.05, 3.63) is 0 Å². The first kappa shape index (κ1) is 14.3. The monoisotopic (exact) mass is 282 g/mol. The van der Waals surface area contributed by atoms with Crippen molar-refractivity contribution in [2.24, 2.45) is 0 Å². The summed E-state index contributed by atoms with van der Waals surface area (Å²) in [5.74, 6) is -0.0318. The van der Waals surface area contributed by atoms with E-state index in [9.17, 15) is 4.79 Å². The fourth-order valence-electron chi connectivity index (χ4n) is 3.66. The second-order valence-corrected chi connectivity index (χ2v) is 6.52. The molecule has 114 valence electrons. The number of nitrogens with zero attached hydrogens (tertiary/aromatic N) is 1. The minimum atomic E-state index is -0.304. The van der Waals surface area contributed by atoms with Gasteiger partial charge in [-0.15, -0.1) is 0 Å². The Balaban J connectivity index is 1.49. The van der Waals surface area contributed by atoms with Crippen LogP contribution in [0.15, 0.2) is 0 Å². The number of carbonyl (C=O) groups is 1. The first-order chi connectivity index (χ1) is 9.60. The van der Waals surface area contributed by atoms with E-state index in [0.29, 0.717) is 12.1 Å². The number of ether oxygens (including phenoxy) is 2. The quantitative estimate of drug-likeness (QED) is 0.847. The van der Waals surface area contributed by atoms with Gasteiger partial charge in [-0.2, -0.15) is 0 Å². The highest BCUT2D eigenvalue weighted by molar-refractivity contribution is 5.84. The fourth-order valence-corrected chi connectivity index (χ4v) is 3.66. The third-order valence-electron chi connectivity index (χ3n) is 4.86. The van der Waals surface area contributed by atoms with Gasteiger partial charge in [-0.1, -0.05) is 0 Å². The van der Waals surface area contributed by atoms with E-state index in [4.69, 9.17) is 9.47 Å². The highest BCUT2D eigenvalue weighted by Crippen LogP contribution is 2.36. The molecule has 0 aromatic carbocycles. The molecule has 1 saturated carbocycles. The highest BCUT2D eigenvalue weighted by Gasteiger charge is 2.42. The number of amides is 1. The van der Waals surface area contributed by atoms with Crippen LogP contribution in [0.5, 0.6) is 0 Å². The highest BCUT2D eigenvalue weighted by atomic mass is 16.7. The van der Waals surface area contributed by atoms with Crippen LogP contribution < -0.4 is 5.32 Å². The van der Waals surface area contributed by atoms with E-state index >= 15 is 0 Å². The van der Waals surface area contributed by atoms with Crippen LogP contribution in [-0.4, -0.2) is 54.5 Å². The van der Waals surface area contributed by atoms with Crippen LogP contribution in [0.1, 0.15) is 46.0 Å². The summed E-state index contributed by atoms with van der Waals surface area (Å²) in [5, 5.41) is 3.56. The maximum absolute atomic E-state index is 12.3. The number of hydrogen-bond acceptors (Lipinski definition) is 4. The van der Waals surface area contributed by atoms with Gasteiger partial charge < -0.3 is 19.7 Å². The molecule has 2 saturated heterocycles. The van der Waals surface area contributed by atoms with Crippen LogP contribution >= 0.6 is 0 Å². The predicted octanol–water partition coefficient (Wildman–Crippen LogP) is 1.27. The van der Waals surface area contributed by atoms with E-state index in [-0.39, 0.29) is 17.7 Å². The van der Waals surface area contributed by atoms with Crippen LogP contribution in [-0.2, 0) is 14.3 Å². The molecular weight excluding hydrogens is 256 g/mol.